The van der Waals surface area contributed by atoms with Crippen molar-refractivity contribution in [2.24, 2.45) is 0 Å². The summed E-state index contributed by atoms with van der Waals surface area (Å²) in [5.41, 5.74) is 0.439. The van der Waals surface area contributed by atoms with Crippen molar-refractivity contribution in [2.45, 2.75) is 4.34 Å². The third kappa shape index (κ3) is 4.69. The molecule has 0 aliphatic heterocycles. The number of benzene rings is 2. The highest BCUT2D eigenvalue weighted by Gasteiger charge is 2.22. The van der Waals surface area contributed by atoms with Crippen LogP contribution < -0.4 is 10.0 Å². The van der Waals surface area contributed by atoms with Crippen LogP contribution in [0.1, 0.15) is 10.4 Å². The van der Waals surface area contributed by atoms with Gasteiger partial charge < -0.3 is 0 Å². The van der Waals surface area contributed by atoms with Crippen molar-refractivity contribution in [1.29, 1.82) is 0 Å². The predicted molar refractivity (Wildman–Crippen MR) is 107 cm³/mol. The summed E-state index contributed by atoms with van der Waals surface area (Å²) in [5.74, 6) is -0.529. The number of hydrogen-bond donors (Lipinski definition) is 2. The zero-order chi connectivity index (χ0) is 19.6. The van der Waals surface area contributed by atoms with Gasteiger partial charge in [0.15, 0.2) is 0 Å². The topological polar surface area (TPSA) is 101 Å². The fraction of sp³-hybridized carbons (Fsp3) is 0. The molecule has 140 valence electrons. The molecular weight excluding hydrogens is 455 g/mol. The van der Waals surface area contributed by atoms with Crippen molar-refractivity contribution in [2.75, 3.05) is 10.0 Å². The molecule has 0 fully saturated rings. The van der Waals surface area contributed by atoms with Crippen LogP contribution in [0.5, 0.6) is 0 Å². The third-order valence-electron chi connectivity index (χ3n) is 3.15. The van der Waals surface area contributed by atoms with Crippen LogP contribution in [0, 0.1) is 0 Å². The summed E-state index contributed by atoms with van der Waals surface area (Å²) < 4.78 is 26.8. The molecule has 3 rings (SSSR count). The molecule has 0 saturated heterocycles. The lowest BCUT2D eigenvalue weighted by molar-refractivity contribution is 0.102. The van der Waals surface area contributed by atoms with Gasteiger partial charge in [0.1, 0.15) is 0 Å². The molecule has 0 unspecified atom stereocenters. The molecule has 0 aliphatic rings. The molecule has 12 heteroatoms. The number of nitrogens with one attached hydrogen (secondary N) is 2. The van der Waals surface area contributed by atoms with Crippen LogP contribution in [0.15, 0.2) is 46.8 Å². The van der Waals surface area contributed by atoms with Gasteiger partial charge in [0.2, 0.25) is 5.13 Å². The van der Waals surface area contributed by atoms with Gasteiger partial charge in [0.05, 0.1) is 26.3 Å². The van der Waals surface area contributed by atoms with Gasteiger partial charge in [0.25, 0.3) is 20.3 Å². The van der Waals surface area contributed by atoms with Crippen molar-refractivity contribution in [3.05, 3.63) is 63.1 Å². The Bertz CT molecular complexity index is 1120. The van der Waals surface area contributed by atoms with Crippen LogP contribution in [-0.4, -0.2) is 24.5 Å². The average molecular weight is 464 g/mol. The molecule has 1 amide bonds. The third-order valence-corrected chi connectivity index (χ3v) is 6.80. The van der Waals surface area contributed by atoms with Crippen LogP contribution in [0.25, 0.3) is 0 Å². The first-order valence-electron chi connectivity index (χ1n) is 7.13. The van der Waals surface area contributed by atoms with E-state index in [2.05, 4.69) is 20.2 Å². The van der Waals surface area contributed by atoms with Gasteiger partial charge in [-0.25, -0.2) is 0 Å². The van der Waals surface area contributed by atoms with Crippen molar-refractivity contribution in [1.82, 2.24) is 10.2 Å². The first-order valence-corrected chi connectivity index (χ1v) is 10.6. The molecule has 0 bridgehead atoms. The minimum absolute atomic E-state index is 0.00873. The van der Waals surface area contributed by atoms with Gasteiger partial charge in [-0.15, -0.1) is 10.2 Å². The van der Waals surface area contributed by atoms with E-state index >= 15 is 0 Å². The SMILES string of the molecule is O=C(Nc1nnc(S(=O)(=O)Nc2ccc(Cl)c(Cl)c2)s1)c1ccccc1Cl. The van der Waals surface area contributed by atoms with Crippen molar-refractivity contribution >= 4 is 72.9 Å². The molecular formula is C15H9Cl3N4O3S2. The Kier molecular flexibility index (Phi) is 5.87. The zero-order valence-corrected chi connectivity index (χ0v) is 17.0. The largest absolute Gasteiger partial charge is 0.296 e. The molecule has 0 saturated carbocycles. The number of hydrogen-bond acceptors (Lipinski definition) is 6. The van der Waals surface area contributed by atoms with E-state index < -0.39 is 15.9 Å². The number of halogens is 3. The second-order valence-electron chi connectivity index (χ2n) is 5.04. The summed E-state index contributed by atoms with van der Waals surface area (Å²) in [5, 5.41) is 10.5. The molecule has 0 atom stereocenters. The molecule has 0 radical (unpaired) electrons. The maximum atomic E-state index is 12.4. The Morgan fingerprint density at radius 1 is 0.963 bits per heavy atom. The van der Waals surface area contributed by atoms with E-state index in [1.54, 1.807) is 18.2 Å². The highest BCUT2D eigenvalue weighted by atomic mass is 35.5. The smallest absolute Gasteiger partial charge is 0.291 e. The van der Waals surface area contributed by atoms with E-state index in [4.69, 9.17) is 34.8 Å². The van der Waals surface area contributed by atoms with Crippen molar-refractivity contribution in [3.8, 4) is 0 Å². The van der Waals surface area contributed by atoms with Gasteiger partial charge in [0, 0.05) is 0 Å². The zero-order valence-electron chi connectivity index (χ0n) is 13.1. The Morgan fingerprint density at radius 2 is 1.70 bits per heavy atom. The van der Waals surface area contributed by atoms with Crippen LogP contribution in [0.3, 0.4) is 0 Å². The van der Waals surface area contributed by atoms with Gasteiger partial charge in [-0.3, -0.25) is 14.8 Å². The number of amides is 1. The van der Waals surface area contributed by atoms with Crippen LogP contribution >= 0.6 is 46.1 Å². The average Bonchev–Trinajstić information content (AvgIpc) is 3.08. The van der Waals surface area contributed by atoms with Gasteiger partial charge >= 0.3 is 0 Å². The van der Waals surface area contributed by atoms with Crippen LogP contribution in [0.4, 0.5) is 10.8 Å². The molecule has 2 aromatic carbocycles. The normalized spacial score (nSPS) is 11.2. The van der Waals surface area contributed by atoms with E-state index in [1.807, 2.05) is 0 Å². The molecule has 1 aromatic heterocycles. The van der Waals surface area contributed by atoms with Gasteiger partial charge in [-0.2, -0.15) is 8.42 Å². The predicted octanol–water partition coefficient (Wildman–Crippen LogP) is 4.55. The Labute approximate surface area is 173 Å². The Balaban J connectivity index is 1.77. The Morgan fingerprint density at radius 3 is 2.41 bits per heavy atom. The second kappa shape index (κ2) is 7.99. The summed E-state index contributed by atoms with van der Waals surface area (Å²) in [7, 11) is -4.01. The molecule has 3 aromatic rings. The molecule has 1 heterocycles. The van der Waals surface area contributed by atoms with Crippen molar-refractivity contribution < 1.29 is 13.2 Å². The van der Waals surface area contributed by atoms with Gasteiger partial charge in [-0.05, 0) is 30.3 Å². The number of anilines is 2. The molecule has 27 heavy (non-hydrogen) atoms. The first-order chi connectivity index (χ1) is 12.8. The first kappa shape index (κ1) is 19.8. The molecule has 0 spiro atoms. The lowest BCUT2D eigenvalue weighted by atomic mass is 10.2. The quantitative estimate of drug-likeness (QED) is 0.541. The highest BCUT2D eigenvalue weighted by molar-refractivity contribution is 7.94. The summed E-state index contributed by atoms with van der Waals surface area (Å²) in [6.45, 7) is 0. The van der Waals surface area contributed by atoms with Crippen LogP contribution in [0.2, 0.25) is 15.1 Å². The Hall–Kier alpha value is -1.91. The summed E-state index contributed by atoms with van der Waals surface area (Å²) in [6.07, 6.45) is 0. The number of nitrogens with zero attached hydrogens (tertiary/aromatic N) is 2. The van der Waals surface area contributed by atoms with E-state index in [0.29, 0.717) is 16.4 Å². The molecule has 7 nitrogen and oxygen atoms in total. The van der Waals surface area contributed by atoms with E-state index in [-0.39, 0.29) is 30.8 Å². The van der Waals surface area contributed by atoms with E-state index in [1.165, 1.54) is 24.3 Å². The fourth-order valence-corrected chi connectivity index (χ4v) is 4.40. The van der Waals surface area contributed by atoms with Crippen molar-refractivity contribution in [3.63, 3.8) is 0 Å². The maximum absolute atomic E-state index is 12.4. The van der Waals surface area contributed by atoms with Gasteiger partial charge in [-0.1, -0.05) is 58.3 Å². The van der Waals surface area contributed by atoms with Crippen LogP contribution in [-0.2, 0) is 10.0 Å². The second-order valence-corrected chi connectivity index (χ2v) is 9.10. The summed E-state index contributed by atoms with van der Waals surface area (Å²) in [4.78, 5) is 12.2. The lowest BCUT2D eigenvalue weighted by Gasteiger charge is -2.06. The number of aromatic nitrogens is 2. The number of carbonyl (C=O) groups excluding carboxylic acids is 1. The monoisotopic (exact) mass is 462 g/mol. The van der Waals surface area contributed by atoms with E-state index in [9.17, 15) is 13.2 Å². The number of carbonyl (C=O) groups is 1. The highest BCUT2D eigenvalue weighted by Crippen LogP contribution is 2.28. The minimum atomic E-state index is -4.01. The number of sulfonamides is 1. The fourth-order valence-electron chi connectivity index (χ4n) is 1.94. The standard InChI is InChI=1S/C15H9Cl3N4O3S2/c16-10-4-2-1-3-9(10)13(23)19-14-20-21-15(26-14)27(24,25)22-8-5-6-11(17)12(18)7-8/h1-7,22H,(H,19,20,23). The lowest BCUT2D eigenvalue weighted by Crippen LogP contribution is -2.12. The van der Waals surface area contributed by atoms with E-state index in [0.717, 1.165) is 0 Å². The molecule has 2 N–H and O–H groups in total. The molecule has 0 aliphatic carbocycles. The number of rotatable bonds is 5. The minimum Gasteiger partial charge on any atom is -0.296 e. The summed E-state index contributed by atoms with van der Waals surface area (Å²) >= 11 is 18.3. The summed E-state index contributed by atoms with van der Waals surface area (Å²) in [6, 6.07) is 10.7. The maximum Gasteiger partial charge on any atom is 0.291 e.